The summed E-state index contributed by atoms with van der Waals surface area (Å²) in [6, 6.07) is 7.70. The predicted molar refractivity (Wildman–Crippen MR) is 46.4 cm³/mol. The molecule has 0 amide bonds. The van der Waals surface area contributed by atoms with Crippen LogP contribution in [0.25, 0.3) is 0 Å². The summed E-state index contributed by atoms with van der Waals surface area (Å²) in [4.78, 5) is 0. The molecule has 0 unspecified atom stereocenters. The third-order valence-electron chi connectivity index (χ3n) is 1.14. The van der Waals surface area contributed by atoms with E-state index in [-0.39, 0.29) is 11.6 Å². The second kappa shape index (κ2) is 4.20. The molecule has 0 fully saturated rings. The number of hydrogen-bond donors (Lipinski definition) is 0. The van der Waals surface area contributed by atoms with Gasteiger partial charge in [0.15, 0.2) is 12.4 Å². The van der Waals surface area contributed by atoms with Crippen molar-refractivity contribution in [1.29, 1.82) is 5.26 Å². The van der Waals surface area contributed by atoms with Crippen LogP contribution >= 0.6 is 23.2 Å². The van der Waals surface area contributed by atoms with Gasteiger partial charge in [0.25, 0.3) is 0 Å². The molecule has 1 aromatic carbocycles. The van der Waals surface area contributed by atoms with Crippen molar-refractivity contribution < 1.29 is 4.74 Å². The first kappa shape index (κ1) is 9.18. The van der Waals surface area contributed by atoms with E-state index in [9.17, 15) is 0 Å². The fourth-order valence-electron chi connectivity index (χ4n) is 0.671. The second-order valence-corrected chi connectivity index (χ2v) is 2.70. The number of halogens is 2. The number of rotatable bonds is 2. The number of benzene rings is 1. The minimum atomic E-state index is -0.0721. The molecule has 0 spiro atoms. The highest BCUT2D eigenvalue weighted by molar-refractivity contribution is 6.37. The summed E-state index contributed by atoms with van der Waals surface area (Å²) >= 11 is 11.4. The van der Waals surface area contributed by atoms with Gasteiger partial charge in [-0.1, -0.05) is 29.3 Å². The van der Waals surface area contributed by atoms with E-state index in [1.807, 2.05) is 6.07 Å². The summed E-state index contributed by atoms with van der Waals surface area (Å²) in [5.74, 6) is 0.308. The quantitative estimate of drug-likeness (QED) is 0.736. The molecule has 12 heavy (non-hydrogen) atoms. The molecule has 0 bridgehead atoms. The molecule has 1 radical (unpaired) electrons. The van der Waals surface area contributed by atoms with Crippen LogP contribution < -0.4 is 4.74 Å². The van der Waals surface area contributed by atoms with Gasteiger partial charge >= 0.3 is 0 Å². The molecule has 1 rings (SSSR count). The third kappa shape index (κ3) is 2.04. The molecule has 0 heterocycles. The maximum absolute atomic E-state index is 8.24. The molecule has 0 N–H and O–H groups in total. The van der Waals surface area contributed by atoms with Crippen molar-refractivity contribution in [1.82, 2.24) is 0 Å². The zero-order chi connectivity index (χ0) is 8.97. The Labute approximate surface area is 80.3 Å². The molecule has 4 heteroatoms. The van der Waals surface area contributed by atoms with Crippen LogP contribution in [0.3, 0.4) is 0 Å². The Bertz CT molecular complexity index is 299. The zero-order valence-electron chi connectivity index (χ0n) is 5.97. The van der Waals surface area contributed by atoms with E-state index in [0.29, 0.717) is 10.8 Å². The fourth-order valence-corrected chi connectivity index (χ4v) is 1.15. The summed E-state index contributed by atoms with van der Waals surface area (Å²) in [5.41, 5.74) is 0. The maximum atomic E-state index is 8.24. The first-order valence-electron chi connectivity index (χ1n) is 3.11. The van der Waals surface area contributed by atoms with E-state index in [4.69, 9.17) is 33.2 Å². The Morgan fingerprint density at radius 3 is 2.92 bits per heavy atom. The van der Waals surface area contributed by atoms with Crippen molar-refractivity contribution in [3.05, 3.63) is 28.2 Å². The van der Waals surface area contributed by atoms with Crippen LogP contribution in [0.15, 0.2) is 12.1 Å². The largest absolute Gasteiger partial charge is 0.476 e. The summed E-state index contributed by atoms with van der Waals surface area (Å²) in [7, 11) is 0. The van der Waals surface area contributed by atoms with Gasteiger partial charge in [-0.25, -0.2) is 0 Å². The maximum Gasteiger partial charge on any atom is 0.174 e. The van der Waals surface area contributed by atoms with Crippen LogP contribution in [-0.2, 0) is 0 Å². The van der Waals surface area contributed by atoms with Gasteiger partial charge < -0.3 is 4.74 Å². The average Bonchev–Trinajstić information content (AvgIpc) is 2.04. The molecule has 1 aromatic rings. The van der Waals surface area contributed by atoms with Crippen LogP contribution in [0.1, 0.15) is 0 Å². The van der Waals surface area contributed by atoms with Crippen molar-refractivity contribution in [2.24, 2.45) is 0 Å². The van der Waals surface area contributed by atoms with Gasteiger partial charge in [-0.2, -0.15) is 5.26 Å². The van der Waals surface area contributed by atoms with Gasteiger partial charge in [0.2, 0.25) is 0 Å². The van der Waals surface area contributed by atoms with Crippen LogP contribution in [0, 0.1) is 17.4 Å². The molecule has 0 aliphatic carbocycles. The topological polar surface area (TPSA) is 33.0 Å². The van der Waals surface area contributed by atoms with Crippen molar-refractivity contribution in [3.8, 4) is 11.8 Å². The first-order chi connectivity index (χ1) is 5.75. The lowest BCUT2D eigenvalue weighted by Gasteiger charge is -2.04. The molecular weight excluding hydrogens is 197 g/mol. The van der Waals surface area contributed by atoms with Crippen molar-refractivity contribution >= 4 is 23.2 Å². The minimum absolute atomic E-state index is 0.0721. The van der Waals surface area contributed by atoms with Gasteiger partial charge in [0, 0.05) is 6.07 Å². The monoisotopic (exact) mass is 200 g/mol. The third-order valence-corrected chi connectivity index (χ3v) is 1.72. The fraction of sp³-hybridized carbons (Fsp3) is 0.125. The summed E-state index contributed by atoms with van der Waals surface area (Å²) < 4.78 is 4.96. The lowest BCUT2D eigenvalue weighted by Crippen LogP contribution is -1.94. The van der Waals surface area contributed by atoms with Crippen molar-refractivity contribution in [2.75, 3.05) is 6.61 Å². The highest BCUT2D eigenvalue weighted by atomic mass is 35.5. The van der Waals surface area contributed by atoms with Gasteiger partial charge in [0.1, 0.15) is 6.07 Å². The SMILES string of the molecule is N#CCOc1c(Cl)[c]ccc1Cl. The van der Waals surface area contributed by atoms with Gasteiger partial charge in [0.05, 0.1) is 10.0 Å². The number of ether oxygens (including phenoxy) is 1. The molecule has 0 atom stereocenters. The molecular formula is C8H4Cl2NO. The Hall–Kier alpha value is -0.910. The van der Waals surface area contributed by atoms with Crippen molar-refractivity contribution in [2.45, 2.75) is 0 Å². The Balaban J connectivity index is 2.90. The van der Waals surface area contributed by atoms with Gasteiger partial charge in [-0.05, 0) is 6.07 Å². The van der Waals surface area contributed by atoms with Crippen molar-refractivity contribution in [3.63, 3.8) is 0 Å². The van der Waals surface area contributed by atoms with E-state index in [0.717, 1.165) is 0 Å². The minimum Gasteiger partial charge on any atom is -0.476 e. The first-order valence-corrected chi connectivity index (χ1v) is 3.86. The van der Waals surface area contributed by atoms with E-state index in [1.165, 1.54) is 0 Å². The highest BCUT2D eigenvalue weighted by Gasteiger charge is 2.05. The van der Waals surface area contributed by atoms with Gasteiger partial charge in [-0.15, -0.1) is 0 Å². The Morgan fingerprint density at radius 1 is 1.58 bits per heavy atom. The molecule has 0 saturated heterocycles. The smallest absolute Gasteiger partial charge is 0.174 e. The number of hydrogen-bond acceptors (Lipinski definition) is 2. The Morgan fingerprint density at radius 2 is 2.33 bits per heavy atom. The molecule has 61 valence electrons. The van der Waals surface area contributed by atoms with Crippen LogP contribution in [0.2, 0.25) is 10.0 Å². The summed E-state index contributed by atoms with van der Waals surface area (Å²) in [5, 5.41) is 8.91. The second-order valence-electron chi connectivity index (χ2n) is 1.92. The molecule has 0 aliphatic rings. The molecule has 0 aromatic heterocycles. The van der Waals surface area contributed by atoms with Crippen LogP contribution in [0.5, 0.6) is 5.75 Å². The summed E-state index contributed by atoms with van der Waals surface area (Å²) in [6.45, 7) is -0.0721. The summed E-state index contributed by atoms with van der Waals surface area (Å²) in [6.07, 6.45) is 0. The zero-order valence-corrected chi connectivity index (χ0v) is 7.49. The standard InChI is InChI=1S/C8H4Cl2NO/c9-6-2-1-3-7(10)8(6)12-5-4-11/h1-2H,5H2. The highest BCUT2D eigenvalue weighted by Crippen LogP contribution is 2.31. The lowest BCUT2D eigenvalue weighted by molar-refractivity contribution is 0.368. The van der Waals surface area contributed by atoms with E-state index in [2.05, 4.69) is 6.07 Å². The van der Waals surface area contributed by atoms with E-state index < -0.39 is 0 Å². The number of nitriles is 1. The van der Waals surface area contributed by atoms with Crippen LogP contribution in [0.4, 0.5) is 0 Å². The normalized spacial score (nSPS) is 9.08. The van der Waals surface area contributed by atoms with E-state index >= 15 is 0 Å². The van der Waals surface area contributed by atoms with Crippen LogP contribution in [-0.4, -0.2) is 6.61 Å². The van der Waals surface area contributed by atoms with Gasteiger partial charge in [-0.3, -0.25) is 0 Å². The Kier molecular flexibility index (Phi) is 3.21. The predicted octanol–water partition coefficient (Wildman–Crippen LogP) is 2.70. The number of nitrogens with zero attached hydrogens (tertiary/aromatic N) is 1. The molecule has 2 nitrogen and oxygen atoms in total. The molecule has 0 saturated carbocycles. The van der Waals surface area contributed by atoms with E-state index in [1.54, 1.807) is 12.1 Å². The average molecular weight is 201 g/mol. The molecule has 0 aliphatic heterocycles. The lowest BCUT2D eigenvalue weighted by atomic mass is 10.3.